The van der Waals surface area contributed by atoms with Crippen LogP contribution in [0.1, 0.15) is 17.9 Å². The Bertz CT molecular complexity index is 353. The van der Waals surface area contributed by atoms with Gasteiger partial charge in [0.25, 0.3) is 0 Å². The van der Waals surface area contributed by atoms with E-state index in [0.717, 1.165) is 0 Å². The van der Waals surface area contributed by atoms with Gasteiger partial charge in [0.15, 0.2) is 5.15 Å². The highest BCUT2D eigenvalue weighted by Crippen LogP contribution is 2.56. The smallest absolute Gasteiger partial charge is 0.171 e. The number of alkyl halides is 3. The number of hydrogen-bond acceptors (Lipinski definition) is 2. The maximum atomic E-state index is 12.2. The lowest BCUT2D eigenvalue weighted by Gasteiger charge is -2.05. The highest BCUT2D eigenvalue weighted by Gasteiger charge is 2.56. The summed E-state index contributed by atoms with van der Waals surface area (Å²) in [5.74, 6) is -1.79. The highest BCUT2D eigenvalue weighted by molar-refractivity contribution is 6.30. The fraction of sp³-hybridized carbons (Fsp3) is 0.500. The molecule has 1 fully saturated rings. The van der Waals surface area contributed by atoms with Crippen LogP contribution in [0.5, 0.6) is 0 Å². The van der Waals surface area contributed by atoms with Gasteiger partial charge in [0.2, 0.25) is 0 Å². The van der Waals surface area contributed by atoms with Crippen molar-refractivity contribution in [1.29, 1.82) is 0 Å². The summed E-state index contributed by atoms with van der Waals surface area (Å²) in [4.78, 5) is 0. The Morgan fingerprint density at radius 3 is 2.64 bits per heavy atom. The summed E-state index contributed by atoms with van der Waals surface area (Å²) in [5.41, 5.74) is 0.448. The minimum absolute atomic E-state index is 0.0734. The van der Waals surface area contributed by atoms with Gasteiger partial charge in [-0.15, -0.1) is 5.10 Å². The molecule has 76 valence electrons. The molecule has 1 aromatic heterocycles. The van der Waals surface area contributed by atoms with Gasteiger partial charge in [-0.05, 0) is 24.0 Å². The minimum Gasteiger partial charge on any atom is -0.171 e. The van der Waals surface area contributed by atoms with E-state index in [-0.39, 0.29) is 11.6 Å². The van der Waals surface area contributed by atoms with Crippen LogP contribution in [-0.2, 0) is 0 Å². The summed E-state index contributed by atoms with van der Waals surface area (Å²) < 4.78 is 36.7. The van der Waals surface area contributed by atoms with Crippen molar-refractivity contribution in [3.05, 3.63) is 23.0 Å². The molecule has 2 nitrogen and oxygen atoms in total. The van der Waals surface area contributed by atoms with Gasteiger partial charge in [0.05, 0.1) is 5.92 Å². The van der Waals surface area contributed by atoms with E-state index in [0.29, 0.717) is 5.56 Å². The first-order valence-corrected chi connectivity index (χ1v) is 4.41. The molecule has 0 amide bonds. The van der Waals surface area contributed by atoms with Crippen LogP contribution >= 0.6 is 11.6 Å². The zero-order valence-electron chi connectivity index (χ0n) is 6.92. The van der Waals surface area contributed by atoms with Crippen LogP contribution in [0.15, 0.2) is 12.3 Å². The Kier molecular flexibility index (Phi) is 2.14. The average molecular weight is 223 g/mol. The number of aromatic nitrogens is 2. The summed E-state index contributed by atoms with van der Waals surface area (Å²) in [6.45, 7) is 0. The quantitative estimate of drug-likeness (QED) is 0.730. The molecule has 2 atom stereocenters. The zero-order valence-corrected chi connectivity index (χ0v) is 7.68. The highest BCUT2D eigenvalue weighted by atomic mass is 35.5. The first kappa shape index (κ1) is 9.71. The summed E-state index contributed by atoms with van der Waals surface area (Å²) in [5, 5.41) is 7.06. The first-order chi connectivity index (χ1) is 6.50. The topological polar surface area (TPSA) is 25.8 Å². The van der Waals surface area contributed by atoms with Gasteiger partial charge < -0.3 is 0 Å². The molecular weight excluding hydrogens is 217 g/mol. The van der Waals surface area contributed by atoms with E-state index in [9.17, 15) is 13.2 Å². The van der Waals surface area contributed by atoms with Crippen LogP contribution in [0.2, 0.25) is 5.15 Å². The second-order valence-electron chi connectivity index (χ2n) is 3.27. The molecule has 1 aromatic rings. The predicted octanol–water partition coefficient (Wildman–Crippen LogP) is 2.80. The Morgan fingerprint density at radius 1 is 1.43 bits per heavy atom. The molecule has 0 saturated heterocycles. The normalized spacial score (nSPS) is 26.3. The third kappa shape index (κ3) is 1.68. The molecule has 1 heterocycles. The van der Waals surface area contributed by atoms with E-state index in [4.69, 9.17) is 11.6 Å². The number of rotatable bonds is 1. The number of nitrogens with zero attached hydrogens (tertiary/aromatic N) is 2. The number of hydrogen-bond donors (Lipinski definition) is 0. The van der Waals surface area contributed by atoms with Gasteiger partial charge in [-0.25, -0.2) is 0 Å². The summed E-state index contributed by atoms with van der Waals surface area (Å²) in [6, 6.07) is 1.49. The van der Waals surface area contributed by atoms with Crippen LogP contribution in [0, 0.1) is 5.92 Å². The van der Waals surface area contributed by atoms with Gasteiger partial charge in [-0.1, -0.05) is 11.6 Å². The molecule has 0 aromatic carbocycles. The van der Waals surface area contributed by atoms with Crippen LogP contribution < -0.4 is 0 Å². The van der Waals surface area contributed by atoms with Gasteiger partial charge >= 0.3 is 6.18 Å². The summed E-state index contributed by atoms with van der Waals surface area (Å²) >= 11 is 5.63. The second kappa shape index (κ2) is 3.08. The Balaban J connectivity index is 2.18. The van der Waals surface area contributed by atoms with Crippen molar-refractivity contribution in [3.8, 4) is 0 Å². The van der Waals surface area contributed by atoms with Gasteiger partial charge in [-0.2, -0.15) is 18.3 Å². The monoisotopic (exact) mass is 222 g/mol. The molecule has 1 aliphatic rings. The van der Waals surface area contributed by atoms with Crippen molar-refractivity contribution < 1.29 is 13.2 Å². The molecule has 0 bridgehead atoms. The van der Waals surface area contributed by atoms with Crippen LogP contribution in [-0.4, -0.2) is 16.4 Å². The Morgan fingerprint density at radius 2 is 2.14 bits per heavy atom. The van der Waals surface area contributed by atoms with E-state index < -0.39 is 18.0 Å². The molecule has 0 unspecified atom stereocenters. The zero-order chi connectivity index (χ0) is 10.3. The molecule has 0 N–H and O–H groups in total. The van der Waals surface area contributed by atoms with Crippen molar-refractivity contribution in [2.24, 2.45) is 5.92 Å². The number of halogens is 4. The predicted molar refractivity (Wildman–Crippen MR) is 43.9 cm³/mol. The molecule has 1 aliphatic carbocycles. The third-order valence-corrected chi connectivity index (χ3v) is 2.61. The molecular formula is C8H6ClF3N2. The van der Waals surface area contributed by atoms with Crippen molar-refractivity contribution in [1.82, 2.24) is 10.2 Å². The van der Waals surface area contributed by atoms with E-state index in [1.807, 2.05) is 0 Å². The minimum atomic E-state index is -4.13. The van der Waals surface area contributed by atoms with Crippen molar-refractivity contribution in [3.63, 3.8) is 0 Å². The maximum absolute atomic E-state index is 12.2. The van der Waals surface area contributed by atoms with Crippen LogP contribution in [0.3, 0.4) is 0 Å². The fourth-order valence-electron chi connectivity index (χ4n) is 1.50. The van der Waals surface area contributed by atoms with Crippen molar-refractivity contribution in [2.75, 3.05) is 0 Å². The molecule has 0 spiro atoms. The van der Waals surface area contributed by atoms with E-state index in [1.54, 1.807) is 0 Å². The second-order valence-corrected chi connectivity index (χ2v) is 3.63. The molecule has 2 rings (SSSR count). The van der Waals surface area contributed by atoms with Gasteiger partial charge in [0, 0.05) is 6.20 Å². The molecule has 6 heteroatoms. The third-order valence-electron chi connectivity index (χ3n) is 2.31. The lowest BCUT2D eigenvalue weighted by atomic mass is 10.1. The largest absolute Gasteiger partial charge is 0.392 e. The molecule has 0 radical (unpaired) electrons. The maximum Gasteiger partial charge on any atom is 0.392 e. The first-order valence-electron chi connectivity index (χ1n) is 4.04. The standard InChI is InChI=1S/C8H6ClF3N2/c9-7-4(1-2-13-14-7)5-3-6(5)8(10,11)12/h1-2,5-6H,3H2/t5-,6+/m0/s1. The van der Waals surface area contributed by atoms with Crippen molar-refractivity contribution in [2.45, 2.75) is 18.5 Å². The van der Waals surface area contributed by atoms with E-state index >= 15 is 0 Å². The molecule has 1 saturated carbocycles. The Labute approximate surface area is 83.1 Å². The van der Waals surface area contributed by atoms with E-state index in [1.165, 1.54) is 12.3 Å². The fourth-order valence-corrected chi connectivity index (χ4v) is 1.75. The average Bonchev–Trinajstić information content (AvgIpc) is 2.83. The van der Waals surface area contributed by atoms with Gasteiger partial charge in [0.1, 0.15) is 0 Å². The van der Waals surface area contributed by atoms with Crippen molar-refractivity contribution >= 4 is 11.6 Å². The summed E-state index contributed by atoms with van der Waals surface area (Å²) in [7, 11) is 0. The lowest BCUT2D eigenvalue weighted by Crippen LogP contribution is -2.11. The van der Waals surface area contributed by atoms with Gasteiger partial charge in [-0.3, -0.25) is 0 Å². The molecule has 14 heavy (non-hydrogen) atoms. The van der Waals surface area contributed by atoms with E-state index in [2.05, 4.69) is 10.2 Å². The summed E-state index contributed by atoms with van der Waals surface area (Å²) in [6.07, 6.45) is -2.67. The lowest BCUT2D eigenvalue weighted by molar-refractivity contribution is -0.148. The van der Waals surface area contributed by atoms with Crippen LogP contribution in [0.4, 0.5) is 13.2 Å². The molecule has 0 aliphatic heterocycles. The Hall–Kier alpha value is -0.840. The SMILES string of the molecule is FC(F)(F)[C@@H]1C[C@H]1c1ccnnc1Cl. The van der Waals surface area contributed by atoms with Crippen LogP contribution in [0.25, 0.3) is 0 Å².